The molecule has 0 bridgehead atoms. The molecule has 2 fully saturated rings. The van der Waals surface area contributed by atoms with Crippen molar-refractivity contribution in [3.8, 4) is 6.07 Å². The third-order valence-electron chi connectivity index (χ3n) is 4.33. The van der Waals surface area contributed by atoms with Crippen LogP contribution in [-0.4, -0.2) is 19.1 Å². The smallest absolute Gasteiger partial charge is 0.147 e. The van der Waals surface area contributed by atoms with Crippen molar-refractivity contribution in [1.82, 2.24) is 0 Å². The second kappa shape index (κ2) is 4.25. The Bertz CT molecular complexity index is 508. The fraction of sp³-hybridized carbons (Fsp3) is 0.500. The number of hydrogen-bond donors (Lipinski definition) is 1. The summed E-state index contributed by atoms with van der Waals surface area (Å²) in [5.74, 6) is 0.803. The fourth-order valence-corrected chi connectivity index (χ4v) is 3.34. The Morgan fingerprint density at radius 1 is 1.33 bits per heavy atom. The lowest BCUT2D eigenvalue weighted by molar-refractivity contribution is 0.453. The third kappa shape index (κ3) is 1.75. The van der Waals surface area contributed by atoms with Crippen LogP contribution in [0.4, 0.5) is 10.1 Å². The monoisotopic (exact) mass is 245 g/mol. The van der Waals surface area contributed by atoms with E-state index in [2.05, 4.69) is 4.90 Å². The minimum atomic E-state index is -0.303. The van der Waals surface area contributed by atoms with Crippen molar-refractivity contribution < 1.29 is 4.39 Å². The molecule has 1 saturated carbocycles. The summed E-state index contributed by atoms with van der Waals surface area (Å²) in [6, 6.07) is 6.91. The highest BCUT2D eigenvalue weighted by Gasteiger charge is 2.41. The molecule has 94 valence electrons. The van der Waals surface area contributed by atoms with Crippen LogP contribution in [0.3, 0.4) is 0 Å². The zero-order valence-corrected chi connectivity index (χ0v) is 10.1. The summed E-state index contributed by atoms with van der Waals surface area (Å²) in [5, 5.41) is 8.74. The van der Waals surface area contributed by atoms with E-state index in [0.29, 0.717) is 23.1 Å². The zero-order valence-electron chi connectivity index (χ0n) is 10.1. The summed E-state index contributed by atoms with van der Waals surface area (Å²) >= 11 is 0. The van der Waals surface area contributed by atoms with Gasteiger partial charge < -0.3 is 10.6 Å². The first-order chi connectivity index (χ1) is 8.69. The van der Waals surface area contributed by atoms with E-state index < -0.39 is 0 Å². The maximum atomic E-state index is 13.9. The lowest BCUT2D eigenvalue weighted by atomic mass is 9.98. The highest BCUT2D eigenvalue weighted by molar-refractivity contribution is 5.52. The molecule has 0 spiro atoms. The number of nitriles is 1. The minimum Gasteiger partial charge on any atom is -0.369 e. The highest BCUT2D eigenvalue weighted by atomic mass is 19.1. The first kappa shape index (κ1) is 11.5. The topological polar surface area (TPSA) is 53.0 Å². The van der Waals surface area contributed by atoms with Gasteiger partial charge in [-0.1, -0.05) is 0 Å². The Balaban J connectivity index is 1.83. The molecule has 1 saturated heterocycles. The van der Waals surface area contributed by atoms with Crippen LogP contribution in [0, 0.1) is 29.0 Å². The number of anilines is 1. The molecule has 1 aliphatic heterocycles. The molecule has 4 heteroatoms. The van der Waals surface area contributed by atoms with Gasteiger partial charge in [0.15, 0.2) is 0 Å². The number of fused-ring (bicyclic) bond motifs is 1. The van der Waals surface area contributed by atoms with E-state index in [0.717, 1.165) is 25.9 Å². The van der Waals surface area contributed by atoms with Crippen LogP contribution < -0.4 is 10.6 Å². The van der Waals surface area contributed by atoms with E-state index in [4.69, 9.17) is 11.0 Å². The van der Waals surface area contributed by atoms with Crippen molar-refractivity contribution >= 4 is 5.69 Å². The Morgan fingerprint density at radius 3 is 2.83 bits per heavy atom. The minimum absolute atomic E-state index is 0.265. The number of halogens is 1. The quantitative estimate of drug-likeness (QED) is 0.821. The second-order valence-corrected chi connectivity index (χ2v) is 5.35. The fourth-order valence-electron chi connectivity index (χ4n) is 3.34. The number of nitrogens with zero attached hydrogens (tertiary/aromatic N) is 2. The normalized spacial score (nSPS) is 30.3. The van der Waals surface area contributed by atoms with Crippen LogP contribution in [0.2, 0.25) is 0 Å². The first-order valence-electron chi connectivity index (χ1n) is 6.39. The van der Waals surface area contributed by atoms with Gasteiger partial charge in [-0.05, 0) is 42.9 Å². The zero-order chi connectivity index (χ0) is 12.7. The Morgan fingerprint density at radius 2 is 2.17 bits per heavy atom. The molecule has 3 nitrogen and oxygen atoms in total. The van der Waals surface area contributed by atoms with Gasteiger partial charge >= 0.3 is 0 Å². The highest BCUT2D eigenvalue weighted by Crippen LogP contribution is 2.39. The molecular weight excluding hydrogens is 229 g/mol. The Labute approximate surface area is 106 Å². The summed E-state index contributed by atoms with van der Waals surface area (Å²) < 4.78 is 13.9. The molecule has 1 aromatic carbocycles. The van der Waals surface area contributed by atoms with Gasteiger partial charge in [0.1, 0.15) is 5.82 Å². The van der Waals surface area contributed by atoms with E-state index >= 15 is 0 Å². The average Bonchev–Trinajstić information content (AvgIpc) is 2.92. The van der Waals surface area contributed by atoms with E-state index in [-0.39, 0.29) is 11.9 Å². The molecule has 18 heavy (non-hydrogen) atoms. The molecular formula is C14H16FN3. The molecule has 1 aliphatic carbocycles. The SMILES string of the molecule is N#Cc1ccc(N2CC3CCC(N)C3C2)c(F)c1. The van der Waals surface area contributed by atoms with Crippen LogP contribution in [-0.2, 0) is 0 Å². The summed E-state index contributed by atoms with van der Waals surface area (Å²) in [6.45, 7) is 1.73. The van der Waals surface area contributed by atoms with Crippen molar-refractivity contribution in [1.29, 1.82) is 5.26 Å². The third-order valence-corrected chi connectivity index (χ3v) is 4.33. The van der Waals surface area contributed by atoms with Crippen molar-refractivity contribution in [2.24, 2.45) is 17.6 Å². The van der Waals surface area contributed by atoms with E-state index in [1.165, 1.54) is 6.07 Å². The predicted octanol–water partition coefficient (Wildman–Crippen LogP) is 1.87. The molecule has 2 N–H and O–H groups in total. The Kier molecular flexibility index (Phi) is 2.71. The maximum absolute atomic E-state index is 13.9. The summed E-state index contributed by atoms with van der Waals surface area (Å²) in [7, 11) is 0. The second-order valence-electron chi connectivity index (χ2n) is 5.35. The van der Waals surface area contributed by atoms with Crippen LogP contribution in [0.15, 0.2) is 18.2 Å². The van der Waals surface area contributed by atoms with Gasteiger partial charge in [0.05, 0.1) is 17.3 Å². The van der Waals surface area contributed by atoms with Gasteiger partial charge in [-0.2, -0.15) is 5.26 Å². The molecule has 1 aromatic rings. The first-order valence-corrected chi connectivity index (χ1v) is 6.39. The largest absolute Gasteiger partial charge is 0.369 e. The van der Waals surface area contributed by atoms with Gasteiger partial charge in [-0.15, -0.1) is 0 Å². The number of rotatable bonds is 1. The molecule has 2 aliphatic rings. The van der Waals surface area contributed by atoms with E-state index in [1.807, 2.05) is 6.07 Å². The van der Waals surface area contributed by atoms with Crippen LogP contribution in [0.1, 0.15) is 18.4 Å². The molecule has 0 aromatic heterocycles. The molecule has 3 rings (SSSR count). The van der Waals surface area contributed by atoms with Gasteiger partial charge in [-0.3, -0.25) is 0 Å². The van der Waals surface area contributed by atoms with Crippen molar-refractivity contribution in [2.75, 3.05) is 18.0 Å². The van der Waals surface area contributed by atoms with Gasteiger partial charge in [0.2, 0.25) is 0 Å². The number of benzene rings is 1. The molecule has 0 radical (unpaired) electrons. The lowest BCUT2D eigenvalue weighted by Crippen LogP contribution is -2.30. The molecule has 1 heterocycles. The van der Waals surface area contributed by atoms with Crippen molar-refractivity contribution in [3.05, 3.63) is 29.6 Å². The van der Waals surface area contributed by atoms with Crippen LogP contribution in [0.25, 0.3) is 0 Å². The van der Waals surface area contributed by atoms with Crippen LogP contribution in [0.5, 0.6) is 0 Å². The van der Waals surface area contributed by atoms with Crippen LogP contribution >= 0.6 is 0 Å². The maximum Gasteiger partial charge on any atom is 0.147 e. The molecule has 3 atom stereocenters. The van der Waals surface area contributed by atoms with Crippen molar-refractivity contribution in [2.45, 2.75) is 18.9 Å². The predicted molar refractivity (Wildman–Crippen MR) is 67.5 cm³/mol. The summed E-state index contributed by atoms with van der Waals surface area (Å²) in [4.78, 5) is 2.07. The number of hydrogen-bond acceptors (Lipinski definition) is 3. The molecule has 0 amide bonds. The van der Waals surface area contributed by atoms with E-state index in [1.54, 1.807) is 12.1 Å². The van der Waals surface area contributed by atoms with Gasteiger partial charge in [0.25, 0.3) is 0 Å². The van der Waals surface area contributed by atoms with Gasteiger partial charge in [0, 0.05) is 19.1 Å². The Hall–Kier alpha value is -1.60. The summed E-state index contributed by atoms with van der Waals surface area (Å²) in [6.07, 6.45) is 2.25. The van der Waals surface area contributed by atoms with Crippen molar-refractivity contribution in [3.63, 3.8) is 0 Å². The van der Waals surface area contributed by atoms with Gasteiger partial charge in [-0.25, -0.2) is 4.39 Å². The average molecular weight is 245 g/mol. The standard InChI is InChI=1S/C14H16FN3/c15-12-5-9(6-16)1-4-14(12)18-7-10-2-3-13(17)11(10)8-18/h1,4-5,10-11,13H,2-3,7-8,17H2. The van der Waals surface area contributed by atoms with E-state index in [9.17, 15) is 4.39 Å². The summed E-state index contributed by atoms with van der Waals surface area (Å²) in [5.41, 5.74) is 7.06. The number of nitrogens with two attached hydrogens (primary N) is 1. The lowest BCUT2D eigenvalue weighted by Gasteiger charge is -2.21. The molecule has 3 unspecified atom stereocenters.